The Balaban J connectivity index is 2.47. The zero-order valence-electron chi connectivity index (χ0n) is 9.64. The number of hydrogen-bond acceptors (Lipinski definition) is 2. The SMILES string of the molecule is CNCc1[nH]c(C)nc1-c1ccc(F)c(F)c1. The lowest BCUT2D eigenvalue weighted by Gasteiger charge is -2.02. The number of aryl methyl sites for hydroxylation is 1. The number of aromatic amines is 1. The van der Waals surface area contributed by atoms with E-state index in [0.717, 1.165) is 23.7 Å². The molecule has 0 fully saturated rings. The zero-order chi connectivity index (χ0) is 12.4. The number of halogens is 2. The second kappa shape index (κ2) is 4.63. The number of rotatable bonds is 3. The average molecular weight is 237 g/mol. The fraction of sp³-hybridized carbons (Fsp3) is 0.250. The molecule has 0 bridgehead atoms. The van der Waals surface area contributed by atoms with Gasteiger partial charge < -0.3 is 10.3 Å². The Morgan fingerprint density at radius 2 is 2.06 bits per heavy atom. The van der Waals surface area contributed by atoms with Gasteiger partial charge in [0.15, 0.2) is 11.6 Å². The molecule has 0 aliphatic rings. The fourth-order valence-electron chi connectivity index (χ4n) is 1.73. The van der Waals surface area contributed by atoms with Crippen molar-refractivity contribution in [1.29, 1.82) is 0 Å². The predicted octanol–water partition coefficient (Wildman–Crippen LogP) is 2.38. The first-order valence-corrected chi connectivity index (χ1v) is 5.27. The molecule has 5 heteroatoms. The summed E-state index contributed by atoms with van der Waals surface area (Å²) in [6, 6.07) is 3.79. The summed E-state index contributed by atoms with van der Waals surface area (Å²) >= 11 is 0. The minimum absolute atomic E-state index is 0.568. The van der Waals surface area contributed by atoms with Gasteiger partial charge >= 0.3 is 0 Å². The molecule has 2 N–H and O–H groups in total. The zero-order valence-corrected chi connectivity index (χ0v) is 9.64. The van der Waals surface area contributed by atoms with Gasteiger partial charge in [-0.2, -0.15) is 0 Å². The van der Waals surface area contributed by atoms with E-state index in [4.69, 9.17) is 0 Å². The van der Waals surface area contributed by atoms with Crippen LogP contribution >= 0.6 is 0 Å². The lowest BCUT2D eigenvalue weighted by atomic mass is 10.1. The molecular formula is C12H13F2N3. The summed E-state index contributed by atoms with van der Waals surface area (Å²) < 4.78 is 26.0. The van der Waals surface area contributed by atoms with Gasteiger partial charge in [0.2, 0.25) is 0 Å². The molecule has 0 radical (unpaired) electrons. The number of imidazole rings is 1. The van der Waals surface area contributed by atoms with Crippen molar-refractivity contribution in [2.24, 2.45) is 0 Å². The number of H-pyrrole nitrogens is 1. The van der Waals surface area contributed by atoms with E-state index in [-0.39, 0.29) is 0 Å². The highest BCUT2D eigenvalue weighted by Crippen LogP contribution is 2.23. The van der Waals surface area contributed by atoms with Crippen LogP contribution in [-0.2, 0) is 6.54 Å². The van der Waals surface area contributed by atoms with Gasteiger partial charge in [-0.05, 0) is 32.2 Å². The van der Waals surface area contributed by atoms with Crippen molar-refractivity contribution in [2.75, 3.05) is 7.05 Å². The third-order valence-corrected chi connectivity index (χ3v) is 2.44. The van der Waals surface area contributed by atoms with Gasteiger partial charge in [-0.15, -0.1) is 0 Å². The third-order valence-electron chi connectivity index (χ3n) is 2.44. The van der Waals surface area contributed by atoms with Crippen LogP contribution in [0.5, 0.6) is 0 Å². The molecule has 0 unspecified atom stereocenters. The molecule has 0 atom stereocenters. The van der Waals surface area contributed by atoms with Gasteiger partial charge in [0, 0.05) is 12.1 Å². The molecule has 0 aliphatic carbocycles. The molecule has 1 aromatic heterocycles. The molecule has 1 aromatic carbocycles. The van der Waals surface area contributed by atoms with Gasteiger partial charge in [0.05, 0.1) is 11.4 Å². The van der Waals surface area contributed by atoms with E-state index in [0.29, 0.717) is 17.8 Å². The molecule has 0 amide bonds. The van der Waals surface area contributed by atoms with Gasteiger partial charge in [-0.3, -0.25) is 0 Å². The highest BCUT2D eigenvalue weighted by Gasteiger charge is 2.12. The van der Waals surface area contributed by atoms with Crippen LogP contribution in [0.3, 0.4) is 0 Å². The smallest absolute Gasteiger partial charge is 0.159 e. The third kappa shape index (κ3) is 2.34. The number of nitrogens with one attached hydrogen (secondary N) is 2. The van der Waals surface area contributed by atoms with Gasteiger partial charge in [-0.25, -0.2) is 13.8 Å². The van der Waals surface area contributed by atoms with E-state index in [1.54, 1.807) is 0 Å². The molecular weight excluding hydrogens is 224 g/mol. The summed E-state index contributed by atoms with van der Waals surface area (Å²) in [4.78, 5) is 7.37. The quantitative estimate of drug-likeness (QED) is 0.860. The Kier molecular flexibility index (Phi) is 3.19. The van der Waals surface area contributed by atoms with E-state index in [2.05, 4.69) is 15.3 Å². The van der Waals surface area contributed by atoms with E-state index < -0.39 is 11.6 Å². The Labute approximate surface area is 97.9 Å². The Bertz CT molecular complexity index is 535. The van der Waals surface area contributed by atoms with Crippen molar-refractivity contribution in [1.82, 2.24) is 15.3 Å². The molecule has 1 heterocycles. The van der Waals surface area contributed by atoms with Crippen molar-refractivity contribution in [3.05, 3.63) is 41.4 Å². The Morgan fingerprint density at radius 3 is 2.71 bits per heavy atom. The van der Waals surface area contributed by atoms with Crippen LogP contribution in [0.2, 0.25) is 0 Å². The number of hydrogen-bond donors (Lipinski definition) is 2. The van der Waals surface area contributed by atoms with Gasteiger partial charge in [-0.1, -0.05) is 0 Å². The van der Waals surface area contributed by atoms with Crippen LogP contribution in [0.4, 0.5) is 8.78 Å². The summed E-state index contributed by atoms with van der Waals surface area (Å²) in [6.45, 7) is 2.41. The van der Waals surface area contributed by atoms with Gasteiger partial charge in [0.1, 0.15) is 5.82 Å². The fourth-order valence-corrected chi connectivity index (χ4v) is 1.73. The van der Waals surface area contributed by atoms with Crippen LogP contribution in [0.15, 0.2) is 18.2 Å². The molecule has 3 nitrogen and oxygen atoms in total. The summed E-state index contributed by atoms with van der Waals surface area (Å²) in [5.74, 6) is -0.968. The number of aromatic nitrogens is 2. The molecule has 0 saturated carbocycles. The highest BCUT2D eigenvalue weighted by atomic mass is 19.2. The first-order valence-electron chi connectivity index (χ1n) is 5.27. The summed E-state index contributed by atoms with van der Waals surface area (Å²) in [5.41, 5.74) is 2.07. The predicted molar refractivity (Wildman–Crippen MR) is 61.4 cm³/mol. The van der Waals surface area contributed by atoms with E-state index in [1.807, 2.05) is 14.0 Å². The molecule has 0 spiro atoms. The maximum Gasteiger partial charge on any atom is 0.159 e. The molecule has 0 saturated heterocycles. The van der Waals surface area contributed by atoms with E-state index in [1.165, 1.54) is 6.07 Å². The Hall–Kier alpha value is -1.75. The second-order valence-electron chi connectivity index (χ2n) is 3.81. The molecule has 17 heavy (non-hydrogen) atoms. The van der Waals surface area contributed by atoms with Crippen LogP contribution in [0.1, 0.15) is 11.5 Å². The van der Waals surface area contributed by atoms with Crippen LogP contribution in [0, 0.1) is 18.6 Å². The molecule has 2 aromatic rings. The lowest BCUT2D eigenvalue weighted by molar-refractivity contribution is 0.509. The normalized spacial score (nSPS) is 10.8. The van der Waals surface area contributed by atoms with Crippen molar-refractivity contribution < 1.29 is 8.78 Å². The van der Waals surface area contributed by atoms with Gasteiger partial charge in [0.25, 0.3) is 0 Å². The minimum atomic E-state index is -0.862. The summed E-state index contributed by atoms with van der Waals surface area (Å²) in [6.07, 6.45) is 0. The number of nitrogens with zero attached hydrogens (tertiary/aromatic N) is 1. The summed E-state index contributed by atoms with van der Waals surface area (Å²) in [7, 11) is 1.81. The van der Waals surface area contributed by atoms with Crippen LogP contribution in [0.25, 0.3) is 11.3 Å². The second-order valence-corrected chi connectivity index (χ2v) is 3.81. The largest absolute Gasteiger partial charge is 0.345 e. The average Bonchev–Trinajstić information content (AvgIpc) is 2.64. The van der Waals surface area contributed by atoms with Crippen molar-refractivity contribution in [2.45, 2.75) is 13.5 Å². The first-order chi connectivity index (χ1) is 8.11. The minimum Gasteiger partial charge on any atom is -0.345 e. The van der Waals surface area contributed by atoms with Crippen molar-refractivity contribution >= 4 is 0 Å². The standard InChI is InChI=1S/C12H13F2N3/c1-7-16-11(6-15-2)12(17-7)8-3-4-9(13)10(14)5-8/h3-5,15H,6H2,1-2H3,(H,16,17). The topological polar surface area (TPSA) is 40.7 Å². The molecule has 2 rings (SSSR count). The highest BCUT2D eigenvalue weighted by molar-refractivity contribution is 5.62. The molecule has 90 valence electrons. The van der Waals surface area contributed by atoms with E-state index >= 15 is 0 Å². The van der Waals surface area contributed by atoms with Crippen molar-refractivity contribution in [3.8, 4) is 11.3 Å². The maximum absolute atomic E-state index is 13.2. The Morgan fingerprint density at radius 1 is 1.29 bits per heavy atom. The van der Waals surface area contributed by atoms with Crippen LogP contribution < -0.4 is 5.32 Å². The lowest BCUT2D eigenvalue weighted by Crippen LogP contribution is -2.06. The number of benzene rings is 1. The van der Waals surface area contributed by atoms with Crippen molar-refractivity contribution in [3.63, 3.8) is 0 Å². The monoisotopic (exact) mass is 237 g/mol. The summed E-state index contributed by atoms with van der Waals surface area (Å²) in [5, 5.41) is 2.99. The maximum atomic E-state index is 13.2. The first kappa shape index (κ1) is 11.7. The molecule has 0 aliphatic heterocycles. The van der Waals surface area contributed by atoms with Crippen LogP contribution in [-0.4, -0.2) is 17.0 Å². The van der Waals surface area contributed by atoms with E-state index in [9.17, 15) is 8.78 Å².